The molecule has 4 heteroatoms. The van der Waals surface area contributed by atoms with Crippen LogP contribution in [0.15, 0.2) is 0 Å². The van der Waals surface area contributed by atoms with Crippen LogP contribution in [-0.4, -0.2) is 20.6 Å². The first-order chi connectivity index (χ1) is 3.18. The van der Waals surface area contributed by atoms with Crippen LogP contribution >= 0.6 is 12.2 Å². The zero-order valence-corrected chi connectivity index (χ0v) is 4.77. The summed E-state index contributed by atoms with van der Waals surface area (Å²) >= 11 is 4.41. The van der Waals surface area contributed by atoms with Crippen molar-refractivity contribution in [2.24, 2.45) is 0 Å². The van der Waals surface area contributed by atoms with Crippen molar-refractivity contribution in [3.63, 3.8) is 0 Å². The van der Waals surface area contributed by atoms with E-state index >= 15 is 0 Å². The summed E-state index contributed by atoms with van der Waals surface area (Å²) in [5, 5.41) is 16.1. The molecule has 2 N–H and O–H groups in total. The van der Waals surface area contributed by atoms with Crippen LogP contribution in [0.4, 0.5) is 0 Å². The molecule has 0 saturated carbocycles. The predicted molar refractivity (Wildman–Crippen MR) is 28.3 cm³/mol. The molecular weight excluding hydrogens is 114 g/mol. The summed E-state index contributed by atoms with van der Waals surface area (Å²) in [5.41, 5.74) is 0. The maximum Gasteiger partial charge on any atom is 0.134 e. The zero-order chi connectivity index (χ0) is 5.86. The van der Waals surface area contributed by atoms with Crippen molar-refractivity contribution >= 4 is 17.2 Å². The van der Waals surface area contributed by atoms with Gasteiger partial charge in [-0.25, -0.2) is 0 Å². The average Bonchev–Trinajstić information content (AvgIpc) is 1.65. The first-order valence-electron chi connectivity index (χ1n) is 1.89. The number of rotatable bonds is 1. The van der Waals surface area contributed by atoms with Crippen LogP contribution in [0.1, 0.15) is 13.3 Å². The fraction of sp³-hybridized carbons (Fsp3) is 0.667. The largest absolute Gasteiger partial charge is 0.263 e. The van der Waals surface area contributed by atoms with E-state index in [1.165, 1.54) is 0 Å². The molecule has 0 heterocycles. The van der Waals surface area contributed by atoms with Crippen molar-refractivity contribution in [1.29, 1.82) is 0 Å². The Hall–Kier alpha value is -0.190. The summed E-state index contributed by atoms with van der Waals surface area (Å²) < 4.78 is 0. The lowest BCUT2D eigenvalue weighted by Gasteiger charge is -2.04. The van der Waals surface area contributed by atoms with Crippen molar-refractivity contribution in [2.45, 2.75) is 13.3 Å². The van der Waals surface area contributed by atoms with Crippen LogP contribution in [0.5, 0.6) is 0 Å². The van der Waals surface area contributed by atoms with Gasteiger partial charge in [-0.2, -0.15) is 0 Å². The summed E-state index contributed by atoms with van der Waals surface area (Å²) in [6.45, 7) is 1.74. The molecule has 0 fully saturated rings. The molecule has 0 rings (SSSR count). The molecule has 7 heavy (non-hydrogen) atoms. The molecule has 0 saturated heterocycles. The summed E-state index contributed by atoms with van der Waals surface area (Å²) in [4.78, 5) is 0.125. The highest BCUT2D eigenvalue weighted by molar-refractivity contribution is 7.80. The molecular formula is C3H7NO2S. The van der Waals surface area contributed by atoms with Crippen molar-refractivity contribution in [3.8, 4) is 0 Å². The van der Waals surface area contributed by atoms with E-state index in [1.54, 1.807) is 6.92 Å². The van der Waals surface area contributed by atoms with Crippen LogP contribution < -0.4 is 0 Å². The van der Waals surface area contributed by atoms with Gasteiger partial charge in [-0.05, 0) is 0 Å². The van der Waals surface area contributed by atoms with Gasteiger partial charge in [-0.15, -0.1) is 5.23 Å². The second kappa shape index (κ2) is 2.90. The molecule has 42 valence electrons. The van der Waals surface area contributed by atoms with Crippen LogP contribution in [0.3, 0.4) is 0 Å². The highest BCUT2D eigenvalue weighted by Gasteiger charge is 1.94. The van der Waals surface area contributed by atoms with E-state index in [0.717, 1.165) is 0 Å². The van der Waals surface area contributed by atoms with Gasteiger partial charge in [0.25, 0.3) is 0 Å². The summed E-state index contributed by atoms with van der Waals surface area (Å²) in [6, 6.07) is 0. The molecule has 0 atom stereocenters. The Balaban J connectivity index is 3.35. The minimum atomic E-state index is -0.0463. The smallest absolute Gasteiger partial charge is 0.134 e. The standard InChI is InChI=1S/C3H7NO2S/c1-2-3(7)4(5)6/h5-6H,2H2,1H3. The first-order valence-corrected chi connectivity index (χ1v) is 2.30. The minimum absolute atomic E-state index is 0.0463. The van der Waals surface area contributed by atoms with Gasteiger partial charge < -0.3 is 0 Å². The van der Waals surface area contributed by atoms with Gasteiger partial charge in [-0.1, -0.05) is 19.1 Å². The number of hydrogen-bond acceptors (Lipinski definition) is 3. The number of hydrogen-bond donors (Lipinski definition) is 2. The van der Waals surface area contributed by atoms with Crippen LogP contribution in [0.2, 0.25) is 0 Å². The van der Waals surface area contributed by atoms with Gasteiger partial charge in [0.05, 0.1) is 0 Å². The highest BCUT2D eigenvalue weighted by Crippen LogP contribution is 1.85. The van der Waals surface area contributed by atoms with E-state index in [4.69, 9.17) is 10.4 Å². The molecule has 0 aliphatic heterocycles. The van der Waals surface area contributed by atoms with E-state index in [2.05, 4.69) is 12.2 Å². The summed E-state index contributed by atoms with van der Waals surface area (Å²) in [7, 11) is 0. The van der Waals surface area contributed by atoms with Crippen LogP contribution in [0, 0.1) is 0 Å². The summed E-state index contributed by atoms with van der Waals surface area (Å²) in [6.07, 6.45) is 0.475. The minimum Gasteiger partial charge on any atom is -0.263 e. The molecule has 0 aliphatic rings. The Bertz CT molecular complexity index is 73.3. The Morgan fingerprint density at radius 2 is 2.14 bits per heavy atom. The lowest BCUT2D eigenvalue weighted by molar-refractivity contribution is -0.243. The quantitative estimate of drug-likeness (QED) is 0.398. The molecule has 0 aromatic rings. The van der Waals surface area contributed by atoms with Gasteiger partial charge in [0.15, 0.2) is 0 Å². The van der Waals surface area contributed by atoms with Crippen molar-refractivity contribution in [1.82, 2.24) is 5.23 Å². The third-order valence-corrected chi connectivity index (χ3v) is 0.977. The first kappa shape index (κ1) is 6.81. The number of thiocarbonyl (C=S) groups is 1. The third kappa shape index (κ3) is 2.50. The molecule has 0 radical (unpaired) electrons. The fourth-order valence-electron chi connectivity index (χ4n) is 0.141. The van der Waals surface area contributed by atoms with Crippen LogP contribution in [-0.2, 0) is 0 Å². The predicted octanol–water partition coefficient (Wildman–Crippen LogP) is 0.804. The maximum atomic E-state index is 8.07. The number of nitrogens with zero attached hydrogens (tertiary/aromatic N) is 1. The van der Waals surface area contributed by atoms with E-state index in [-0.39, 0.29) is 10.2 Å². The van der Waals surface area contributed by atoms with Crippen molar-refractivity contribution < 1.29 is 10.4 Å². The molecule has 3 nitrogen and oxygen atoms in total. The van der Waals surface area contributed by atoms with Gasteiger partial charge in [0, 0.05) is 6.42 Å². The Labute approximate surface area is 47.1 Å². The van der Waals surface area contributed by atoms with Gasteiger partial charge in [-0.3, -0.25) is 10.4 Å². The average molecular weight is 121 g/mol. The molecule has 0 unspecified atom stereocenters. The SMILES string of the molecule is CCC(=S)N(O)O. The van der Waals surface area contributed by atoms with E-state index < -0.39 is 0 Å². The van der Waals surface area contributed by atoms with Crippen molar-refractivity contribution in [3.05, 3.63) is 0 Å². The Morgan fingerprint density at radius 3 is 2.14 bits per heavy atom. The highest BCUT2D eigenvalue weighted by atomic mass is 32.1. The van der Waals surface area contributed by atoms with Crippen molar-refractivity contribution in [2.75, 3.05) is 0 Å². The molecule has 0 aliphatic carbocycles. The third-order valence-electron chi connectivity index (χ3n) is 0.526. The lowest BCUT2D eigenvalue weighted by atomic mass is 10.5. The normalized spacial score (nSPS) is 8.43. The molecule has 0 bridgehead atoms. The lowest BCUT2D eigenvalue weighted by Crippen LogP contribution is -2.19. The second-order valence-corrected chi connectivity index (χ2v) is 1.51. The molecule has 0 aromatic heterocycles. The number of hydroxylamine groups is 2. The van der Waals surface area contributed by atoms with Gasteiger partial charge in [0.2, 0.25) is 0 Å². The molecule has 0 spiro atoms. The van der Waals surface area contributed by atoms with Gasteiger partial charge in [0.1, 0.15) is 4.99 Å². The van der Waals surface area contributed by atoms with E-state index in [1.807, 2.05) is 0 Å². The van der Waals surface area contributed by atoms with E-state index in [0.29, 0.717) is 6.42 Å². The molecule has 0 amide bonds. The maximum absolute atomic E-state index is 8.07. The topological polar surface area (TPSA) is 43.7 Å². The van der Waals surface area contributed by atoms with E-state index in [9.17, 15) is 0 Å². The zero-order valence-electron chi connectivity index (χ0n) is 3.96. The fourth-order valence-corrected chi connectivity index (χ4v) is 0.141. The second-order valence-electron chi connectivity index (χ2n) is 1.04. The van der Waals surface area contributed by atoms with Gasteiger partial charge >= 0.3 is 0 Å². The summed E-state index contributed by atoms with van der Waals surface area (Å²) in [5.74, 6) is 0. The monoisotopic (exact) mass is 121 g/mol. The Morgan fingerprint density at radius 1 is 1.71 bits per heavy atom. The molecule has 0 aromatic carbocycles. The van der Waals surface area contributed by atoms with Crippen LogP contribution in [0.25, 0.3) is 0 Å². The Kier molecular flexibility index (Phi) is 2.82.